The number of ether oxygens (including phenoxy) is 1. The van der Waals surface area contributed by atoms with Crippen LogP contribution in [0.15, 0.2) is 60.7 Å². The Kier molecular flexibility index (Phi) is 3.76. The first-order chi connectivity index (χ1) is 8.74. The summed E-state index contributed by atoms with van der Waals surface area (Å²) < 4.78 is 5.62. The van der Waals surface area contributed by atoms with Gasteiger partial charge in [0.05, 0.1) is 0 Å². The van der Waals surface area contributed by atoms with Crippen LogP contribution in [0.4, 0.5) is 0 Å². The second-order valence-electron chi connectivity index (χ2n) is 3.66. The number of para-hydroxylation sites is 1. The van der Waals surface area contributed by atoms with Gasteiger partial charge in [-0.15, -0.1) is 0 Å². The summed E-state index contributed by atoms with van der Waals surface area (Å²) in [5.74, 6) is 0.527. The SMILES string of the molecule is O=C(O)C=Cc1ccc(Oc2ccccc2)cc1. The van der Waals surface area contributed by atoms with Crippen molar-refractivity contribution < 1.29 is 14.6 Å². The predicted molar refractivity (Wildman–Crippen MR) is 69.6 cm³/mol. The highest BCUT2D eigenvalue weighted by Crippen LogP contribution is 2.21. The highest BCUT2D eigenvalue weighted by molar-refractivity contribution is 5.85. The molecule has 2 aromatic carbocycles. The Morgan fingerprint density at radius 1 is 0.944 bits per heavy atom. The minimum absolute atomic E-state index is 0.716. The number of carbonyl (C=O) groups is 1. The maximum atomic E-state index is 10.4. The van der Waals surface area contributed by atoms with Crippen molar-refractivity contribution in [3.63, 3.8) is 0 Å². The molecule has 0 aliphatic heterocycles. The molecule has 2 rings (SSSR count). The third-order valence-electron chi connectivity index (χ3n) is 2.28. The summed E-state index contributed by atoms with van der Waals surface area (Å²) in [6.45, 7) is 0. The van der Waals surface area contributed by atoms with E-state index < -0.39 is 5.97 Å². The molecule has 1 N–H and O–H groups in total. The predicted octanol–water partition coefficient (Wildman–Crippen LogP) is 3.58. The average Bonchev–Trinajstić information content (AvgIpc) is 2.39. The normalized spacial score (nSPS) is 10.4. The van der Waals surface area contributed by atoms with Crippen LogP contribution in [0.5, 0.6) is 11.5 Å². The Hall–Kier alpha value is -2.55. The average molecular weight is 240 g/mol. The van der Waals surface area contributed by atoms with E-state index >= 15 is 0 Å². The van der Waals surface area contributed by atoms with Crippen LogP contribution in [0.2, 0.25) is 0 Å². The van der Waals surface area contributed by atoms with Gasteiger partial charge in [-0.1, -0.05) is 30.3 Å². The molecule has 0 bridgehead atoms. The zero-order valence-electron chi connectivity index (χ0n) is 9.61. The monoisotopic (exact) mass is 240 g/mol. The van der Waals surface area contributed by atoms with Crippen molar-refractivity contribution in [1.29, 1.82) is 0 Å². The second kappa shape index (κ2) is 5.68. The zero-order chi connectivity index (χ0) is 12.8. The van der Waals surface area contributed by atoms with Crippen molar-refractivity contribution in [1.82, 2.24) is 0 Å². The van der Waals surface area contributed by atoms with E-state index in [4.69, 9.17) is 9.84 Å². The topological polar surface area (TPSA) is 46.5 Å². The lowest BCUT2D eigenvalue weighted by atomic mass is 10.2. The van der Waals surface area contributed by atoms with Gasteiger partial charge in [0.15, 0.2) is 0 Å². The van der Waals surface area contributed by atoms with Gasteiger partial charge < -0.3 is 9.84 Å². The van der Waals surface area contributed by atoms with Gasteiger partial charge in [0.1, 0.15) is 11.5 Å². The van der Waals surface area contributed by atoms with Crippen LogP contribution in [0.25, 0.3) is 6.08 Å². The number of aliphatic carboxylic acids is 1. The molecule has 0 aliphatic carbocycles. The molecule has 90 valence electrons. The van der Waals surface area contributed by atoms with Crippen molar-refractivity contribution in [2.24, 2.45) is 0 Å². The number of rotatable bonds is 4. The van der Waals surface area contributed by atoms with Gasteiger partial charge in [-0.05, 0) is 35.9 Å². The first-order valence-corrected chi connectivity index (χ1v) is 5.48. The van der Waals surface area contributed by atoms with Crippen molar-refractivity contribution in [2.45, 2.75) is 0 Å². The number of benzene rings is 2. The zero-order valence-corrected chi connectivity index (χ0v) is 9.61. The second-order valence-corrected chi connectivity index (χ2v) is 3.66. The Labute approximate surface area is 105 Å². The molecule has 0 aliphatic rings. The molecule has 2 aromatic rings. The molecule has 0 heterocycles. The number of hydrogen-bond acceptors (Lipinski definition) is 2. The lowest BCUT2D eigenvalue weighted by Crippen LogP contribution is -1.86. The molecular formula is C15H12O3. The van der Waals surface area contributed by atoms with E-state index in [9.17, 15) is 4.79 Å². The molecule has 0 amide bonds. The van der Waals surface area contributed by atoms with Crippen LogP contribution >= 0.6 is 0 Å². The highest BCUT2D eigenvalue weighted by atomic mass is 16.5. The van der Waals surface area contributed by atoms with Gasteiger partial charge in [-0.2, -0.15) is 0 Å². The van der Waals surface area contributed by atoms with Crippen molar-refractivity contribution >= 4 is 12.0 Å². The minimum atomic E-state index is -0.959. The fourth-order valence-corrected chi connectivity index (χ4v) is 1.44. The van der Waals surface area contributed by atoms with E-state index in [2.05, 4.69) is 0 Å². The largest absolute Gasteiger partial charge is 0.478 e. The molecule has 0 aromatic heterocycles. The van der Waals surface area contributed by atoms with Crippen LogP contribution < -0.4 is 4.74 Å². The molecule has 18 heavy (non-hydrogen) atoms. The van der Waals surface area contributed by atoms with Crippen molar-refractivity contribution in [3.8, 4) is 11.5 Å². The van der Waals surface area contributed by atoms with E-state index in [0.29, 0.717) is 5.75 Å². The molecule has 0 radical (unpaired) electrons. The smallest absolute Gasteiger partial charge is 0.328 e. The van der Waals surface area contributed by atoms with Crippen LogP contribution in [0.3, 0.4) is 0 Å². The first-order valence-electron chi connectivity index (χ1n) is 5.48. The third-order valence-corrected chi connectivity index (χ3v) is 2.28. The summed E-state index contributed by atoms with van der Waals surface area (Å²) in [6, 6.07) is 16.7. The van der Waals surface area contributed by atoms with E-state index in [0.717, 1.165) is 17.4 Å². The summed E-state index contributed by atoms with van der Waals surface area (Å²) in [4.78, 5) is 10.4. The standard InChI is InChI=1S/C15H12O3/c16-15(17)11-8-12-6-9-14(10-7-12)18-13-4-2-1-3-5-13/h1-11H,(H,16,17). The summed E-state index contributed by atoms with van der Waals surface area (Å²) in [5, 5.41) is 8.51. The highest BCUT2D eigenvalue weighted by Gasteiger charge is 1.96. The third kappa shape index (κ3) is 3.49. The number of hydrogen-bond donors (Lipinski definition) is 1. The Bertz CT molecular complexity index is 542. The van der Waals surface area contributed by atoms with E-state index in [1.807, 2.05) is 30.3 Å². The Balaban J connectivity index is 2.06. The maximum absolute atomic E-state index is 10.4. The van der Waals surface area contributed by atoms with E-state index in [-0.39, 0.29) is 0 Å². The quantitative estimate of drug-likeness (QED) is 0.831. The Morgan fingerprint density at radius 2 is 1.56 bits per heavy atom. The van der Waals surface area contributed by atoms with Gasteiger partial charge in [-0.25, -0.2) is 4.79 Å². The molecule has 3 heteroatoms. The molecule has 3 nitrogen and oxygen atoms in total. The minimum Gasteiger partial charge on any atom is -0.478 e. The van der Waals surface area contributed by atoms with Gasteiger partial charge >= 0.3 is 5.97 Å². The van der Waals surface area contributed by atoms with Crippen LogP contribution in [0.1, 0.15) is 5.56 Å². The van der Waals surface area contributed by atoms with Gasteiger partial charge in [0.25, 0.3) is 0 Å². The molecule has 0 spiro atoms. The molecule has 0 saturated carbocycles. The number of carboxylic acid groups (broad SMARTS) is 1. The molecular weight excluding hydrogens is 228 g/mol. The van der Waals surface area contributed by atoms with Crippen LogP contribution in [0, 0.1) is 0 Å². The first kappa shape index (κ1) is 11.9. The fourth-order valence-electron chi connectivity index (χ4n) is 1.44. The molecule has 0 saturated heterocycles. The van der Waals surface area contributed by atoms with Crippen LogP contribution in [-0.2, 0) is 4.79 Å². The van der Waals surface area contributed by atoms with Crippen molar-refractivity contribution in [2.75, 3.05) is 0 Å². The van der Waals surface area contributed by atoms with E-state index in [1.165, 1.54) is 6.08 Å². The number of carboxylic acids is 1. The van der Waals surface area contributed by atoms with Gasteiger partial charge in [0.2, 0.25) is 0 Å². The summed E-state index contributed by atoms with van der Waals surface area (Å²) in [7, 11) is 0. The lowest BCUT2D eigenvalue weighted by molar-refractivity contribution is -0.131. The maximum Gasteiger partial charge on any atom is 0.328 e. The van der Waals surface area contributed by atoms with Crippen molar-refractivity contribution in [3.05, 3.63) is 66.2 Å². The Morgan fingerprint density at radius 3 is 2.17 bits per heavy atom. The lowest BCUT2D eigenvalue weighted by Gasteiger charge is -2.05. The van der Waals surface area contributed by atoms with Gasteiger partial charge in [-0.3, -0.25) is 0 Å². The van der Waals surface area contributed by atoms with Crippen LogP contribution in [-0.4, -0.2) is 11.1 Å². The summed E-state index contributed by atoms with van der Waals surface area (Å²) >= 11 is 0. The summed E-state index contributed by atoms with van der Waals surface area (Å²) in [6.07, 6.45) is 2.64. The molecule has 0 unspecified atom stereocenters. The van der Waals surface area contributed by atoms with E-state index in [1.54, 1.807) is 24.3 Å². The molecule has 0 fully saturated rings. The molecule has 0 atom stereocenters. The van der Waals surface area contributed by atoms with Gasteiger partial charge in [0, 0.05) is 6.08 Å². The fraction of sp³-hybridized carbons (Fsp3) is 0. The summed E-state index contributed by atoms with van der Waals surface area (Å²) in [5.41, 5.74) is 0.817.